The highest BCUT2D eigenvalue weighted by atomic mass is 14.9. The van der Waals surface area contributed by atoms with Crippen molar-refractivity contribution in [2.75, 3.05) is 0 Å². The van der Waals surface area contributed by atoms with Gasteiger partial charge in [-0.3, -0.25) is 0 Å². The van der Waals surface area contributed by atoms with Crippen LogP contribution in [0.5, 0.6) is 0 Å². The van der Waals surface area contributed by atoms with E-state index in [0.717, 1.165) is 12.2 Å². The number of hydrogen-bond acceptors (Lipinski definition) is 3. The van der Waals surface area contributed by atoms with Gasteiger partial charge in [-0.05, 0) is 30.7 Å². The molecule has 1 aromatic heterocycles. The summed E-state index contributed by atoms with van der Waals surface area (Å²) in [6, 6.07) is 1.82. The summed E-state index contributed by atoms with van der Waals surface area (Å²) in [5.41, 5.74) is 6.51. The van der Waals surface area contributed by atoms with Crippen molar-refractivity contribution in [2.45, 2.75) is 38.6 Å². The number of hydrogen-bond donors (Lipinski definition) is 1. The summed E-state index contributed by atoms with van der Waals surface area (Å²) in [7, 11) is 0. The summed E-state index contributed by atoms with van der Waals surface area (Å²) in [5.74, 6) is 0.778. The van der Waals surface area contributed by atoms with Gasteiger partial charge in [0.25, 0.3) is 0 Å². The Balaban J connectivity index is 1.99. The topological polar surface area (TPSA) is 51.8 Å². The molecule has 0 radical (unpaired) electrons. The summed E-state index contributed by atoms with van der Waals surface area (Å²) in [4.78, 5) is 8.37. The monoisotopic (exact) mass is 191 g/mol. The summed E-state index contributed by atoms with van der Waals surface area (Å²) < 4.78 is 0. The minimum Gasteiger partial charge on any atom is -0.321 e. The van der Waals surface area contributed by atoms with Gasteiger partial charge in [0.15, 0.2) is 0 Å². The van der Waals surface area contributed by atoms with Gasteiger partial charge in [0.1, 0.15) is 5.82 Å². The Morgan fingerprint density at radius 1 is 1.43 bits per heavy atom. The average Bonchev–Trinajstić information content (AvgIpc) is 2.17. The first kappa shape index (κ1) is 9.59. The van der Waals surface area contributed by atoms with Gasteiger partial charge >= 0.3 is 0 Å². The highest BCUT2D eigenvalue weighted by Crippen LogP contribution is 2.45. The first-order chi connectivity index (χ1) is 6.70. The standard InChI is InChI=1S/C11H17N3/c1-11(4-2-5-11)8-9(12)10-13-6-3-7-14-10/h3,6-7,9H,2,4-5,8,12H2,1H3. The second kappa shape index (κ2) is 3.65. The van der Waals surface area contributed by atoms with E-state index in [-0.39, 0.29) is 6.04 Å². The molecule has 0 aliphatic heterocycles. The SMILES string of the molecule is CC1(CC(N)c2ncccn2)CCC1. The molecule has 1 aliphatic carbocycles. The van der Waals surface area contributed by atoms with Crippen molar-refractivity contribution in [1.82, 2.24) is 9.97 Å². The minimum atomic E-state index is 0.00139. The average molecular weight is 191 g/mol. The van der Waals surface area contributed by atoms with Crippen LogP contribution in [0.3, 0.4) is 0 Å². The molecule has 2 N–H and O–H groups in total. The van der Waals surface area contributed by atoms with E-state index in [4.69, 9.17) is 5.73 Å². The van der Waals surface area contributed by atoms with E-state index in [0.29, 0.717) is 5.41 Å². The van der Waals surface area contributed by atoms with Crippen molar-refractivity contribution in [1.29, 1.82) is 0 Å². The molecular formula is C11H17N3. The molecule has 3 nitrogen and oxygen atoms in total. The van der Waals surface area contributed by atoms with Gasteiger partial charge in [-0.2, -0.15) is 0 Å². The Bertz CT molecular complexity index is 293. The quantitative estimate of drug-likeness (QED) is 0.795. The lowest BCUT2D eigenvalue weighted by atomic mass is 9.67. The second-order valence-corrected chi connectivity index (χ2v) is 4.58. The van der Waals surface area contributed by atoms with E-state index < -0.39 is 0 Å². The molecule has 0 saturated heterocycles. The predicted octanol–water partition coefficient (Wildman–Crippen LogP) is 2.06. The van der Waals surface area contributed by atoms with Gasteiger partial charge in [0, 0.05) is 12.4 Å². The van der Waals surface area contributed by atoms with Crippen LogP contribution in [0.15, 0.2) is 18.5 Å². The maximum absolute atomic E-state index is 6.07. The van der Waals surface area contributed by atoms with Crippen LogP contribution >= 0.6 is 0 Å². The van der Waals surface area contributed by atoms with Crippen molar-refractivity contribution in [2.24, 2.45) is 11.1 Å². The van der Waals surface area contributed by atoms with Crippen molar-refractivity contribution in [3.63, 3.8) is 0 Å². The molecule has 14 heavy (non-hydrogen) atoms. The second-order valence-electron chi connectivity index (χ2n) is 4.58. The van der Waals surface area contributed by atoms with E-state index >= 15 is 0 Å². The summed E-state index contributed by atoms with van der Waals surface area (Å²) in [5, 5.41) is 0. The number of rotatable bonds is 3. The van der Waals surface area contributed by atoms with Gasteiger partial charge < -0.3 is 5.73 Å². The van der Waals surface area contributed by atoms with Crippen LogP contribution in [0, 0.1) is 5.41 Å². The van der Waals surface area contributed by atoms with Crippen LogP contribution in [0.25, 0.3) is 0 Å². The van der Waals surface area contributed by atoms with Crippen LogP contribution in [-0.4, -0.2) is 9.97 Å². The molecule has 1 atom stereocenters. The molecule has 76 valence electrons. The van der Waals surface area contributed by atoms with Crippen LogP contribution in [-0.2, 0) is 0 Å². The fourth-order valence-electron chi connectivity index (χ4n) is 2.11. The zero-order valence-electron chi connectivity index (χ0n) is 8.61. The molecule has 1 unspecified atom stereocenters. The third-order valence-electron chi connectivity index (χ3n) is 3.19. The Morgan fingerprint density at radius 2 is 2.07 bits per heavy atom. The van der Waals surface area contributed by atoms with E-state index in [9.17, 15) is 0 Å². The molecule has 0 bridgehead atoms. The van der Waals surface area contributed by atoms with E-state index in [1.54, 1.807) is 12.4 Å². The summed E-state index contributed by atoms with van der Waals surface area (Å²) in [6.45, 7) is 2.30. The fraction of sp³-hybridized carbons (Fsp3) is 0.636. The van der Waals surface area contributed by atoms with Gasteiger partial charge in [0.05, 0.1) is 6.04 Å². The Labute approximate surface area is 84.8 Å². The maximum Gasteiger partial charge on any atom is 0.144 e. The molecule has 1 heterocycles. The molecule has 0 aromatic carbocycles. The highest BCUT2D eigenvalue weighted by molar-refractivity contribution is 4.98. The molecule has 1 fully saturated rings. The van der Waals surface area contributed by atoms with Crippen molar-refractivity contribution in [3.05, 3.63) is 24.3 Å². The first-order valence-electron chi connectivity index (χ1n) is 5.22. The van der Waals surface area contributed by atoms with E-state index in [1.165, 1.54) is 19.3 Å². The lowest BCUT2D eigenvalue weighted by Crippen LogP contribution is -2.30. The fourth-order valence-corrected chi connectivity index (χ4v) is 2.11. The molecule has 3 heteroatoms. The minimum absolute atomic E-state index is 0.00139. The smallest absolute Gasteiger partial charge is 0.144 e. The largest absolute Gasteiger partial charge is 0.321 e. The van der Waals surface area contributed by atoms with Gasteiger partial charge in [-0.25, -0.2) is 9.97 Å². The van der Waals surface area contributed by atoms with Crippen LogP contribution in [0.2, 0.25) is 0 Å². The van der Waals surface area contributed by atoms with Crippen molar-refractivity contribution < 1.29 is 0 Å². The molecule has 1 saturated carbocycles. The zero-order chi connectivity index (χ0) is 10.0. The summed E-state index contributed by atoms with van der Waals surface area (Å²) >= 11 is 0. The van der Waals surface area contributed by atoms with Crippen LogP contribution in [0.1, 0.15) is 44.5 Å². The molecular weight excluding hydrogens is 174 g/mol. The predicted molar refractivity (Wildman–Crippen MR) is 55.5 cm³/mol. The maximum atomic E-state index is 6.07. The Morgan fingerprint density at radius 3 is 2.57 bits per heavy atom. The lowest BCUT2D eigenvalue weighted by Gasteiger charge is -2.39. The third kappa shape index (κ3) is 1.93. The number of aromatic nitrogens is 2. The number of nitrogens with two attached hydrogens (primary N) is 1. The Hall–Kier alpha value is -0.960. The zero-order valence-corrected chi connectivity index (χ0v) is 8.61. The molecule has 2 rings (SSSR count). The van der Waals surface area contributed by atoms with Crippen molar-refractivity contribution >= 4 is 0 Å². The van der Waals surface area contributed by atoms with E-state index in [2.05, 4.69) is 16.9 Å². The normalized spacial score (nSPS) is 21.3. The van der Waals surface area contributed by atoms with Crippen molar-refractivity contribution in [3.8, 4) is 0 Å². The molecule has 0 spiro atoms. The first-order valence-corrected chi connectivity index (χ1v) is 5.22. The lowest BCUT2D eigenvalue weighted by molar-refractivity contribution is 0.133. The van der Waals surface area contributed by atoms with Gasteiger partial charge in [-0.1, -0.05) is 13.3 Å². The Kier molecular flexibility index (Phi) is 2.50. The van der Waals surface area contributed by atoms with Crippen LogP contribution in [0.4, 0.5) is 0 Å². The molecule has 0 amide bonds. The van der Waals surface area contributed by atoms with Gasteiger partial charge in [0.2, 0.25) is 0 Å². The van der Waals surface area contributed by atoms with Crippen LogP contribution < -0.4 is 5.73 Å². The van der Waals surface area contributed by atoms with Gasteiger partial charge in [-0.15, -0.1) is 0 Å². The molecule has 1 aliphatic rings. The highest BCUT2D eigenvalue weighted by Gasteiger charge is 2.34. The third-order valence-corrected chi connectivity index (χ3v) is 3.19. The summed E-state index contributed by atoms with van der Waals surface area (Å²) in [6.07, 6.45) is 8.47. The molecule has 1 aromatic rings. The van der Waals surface area contributed by atoms with E-state index in [1.807, 2.05) is 6.07 Å². The number of nitrogens with zero attached hydrogens (tertiary/aromatic N) is 2.